The van der Waals surface area contributed by atoms with Crippen molar-refractivity contribution in [3.05, 3.63) is 0 Å². The Morgan fingerprint density at radius 3 is 2.00 bits per heavy atom. The normalized spacial score (nSPS) is 29.7. The van der Waals surface area contributed by atoms with Crippen molar-refractivity contribution < 1.29 is 4.74 Å². The van der Waals surface area contributed by atoms with E-state index >= 15 is 0 Å². The van der Waals surface area contributed by atoms with E-state index in [9.17, 15) is 0 Å². The molecule has 0 unspecified atom stereocenters. The summed E-state index contributed by atoms with van der Waals surface area (Å²) in [6.07, 6.45) is 1.34. The average Bonchev–Trinajstić information content (AvgIpc) is 1.49. The van der Waals surface area contributed by atoms with Crippen LogP contribution in [-0.2, 0) is 4.74 Å². The topological polar surface area (TPSA) is 12.5 Å². The third-order valence-corrected chi connectivity index (χ3v) is 2.92. The number of likely N-dealkylation sites (tertiary alicyclic amines) is 1. The third kappa shape index (κ3) is 0.926. The molecule has 2 rings (SSSR count). The van der Waals surface area contributed by atoms with Crippen molar-refractivity contribution in [3.8, 4) is 0 Å². The van der Waals surface area contributed by atoms with Gasteiger partial charge >= 0.3 is 0 Å². The summed E-state index contributed by atoms with van der Waals surface area (Å²) in [7, 11) is 0. The molecular weight excluding hydrogens is 138 g/mol. The summed E-state index contributed by atoms with van der Waals surface area (Å²) in [5, 5.41) is 0. The molecule has 2 saturated heterocycles. The van der Waals surface area contributed by atoms with E-state index in [0.717, 1.165) is 13.2 Å². The lowest BCUT2D eigenvalue weighted by atomic mass is 9.78. The van der Waals surface area contributed by atoms with Crippen LogP contribution in [0.25, 0.3) is 0 Å². The number of hydrogen-bond acceptors (Lipinski definition) is 2. The molecule has 0 bridgehead atoms. The first-order valence-electron chi connectivity index (χ1n) is 4.40. The maximum absolute atomic E-state index is 5.26. The predicted molar refractivity (Wildman–Crippen MR) is 44.6 cm³/mol. The quantitative estimate of drug-likeness (QED) is 0.522. The van der Waals surface area contributed by atoms with E-state index in [1.807, 2.05) is 0 Å². The van der Waals surface area contributed by atoms with Gasteiger partial charge < -0.3 is 4.74 Å². The highest BCUT2D eigenvalue weighted by Crippen LogP contribution is 2.41. The molecule has 0 radical (unpaired) electrons. The van der Waals surface area contributed by atoms with Crippen molar-refractivity contribution in [2.75, 3.05) is 19.8 Å². The lowest BCUT2D eigenvalue weighted by Crippen LogP contribution is -2.74. The van der Waals surface area contributed by atoms with Gasteiger partial charge in [0, 0.05) is 12.1 Å². The first-order valence-corrected chi connectivity index (χ1v) is 4.40. The SMILES string of the molecule is CC(C)(C)N1CCC12COC2. The van der Waals surface area contributed by atoms with Crippen LogP contribution in [0.2, 0.25) is 0 Å². The molecule has 0 aliphatic carbocycles. The van der Waals surface area contributed by atoms with Gasteiger partial charge in [0.05, 0.1) is 18.8 Å². The minimum Gasteiger partial charge on any atom is -0.377 e. The van der Waals surface area contributed by atoms with E-state index in [1.54, 1.807) is 0 Å². The number of ether oxygens (including phenoxy) is 1. The average molecular weight is 155 g/mol. The molecule has 64 valence electrons. The van der Waals surface area contributed by atoms with Gasteiger partial charge in [0.2, 0.25) is 0 Å². The molecule has 0 N–H and O–H groups in total. The number of rotatable bonds is 0. The van der Waals surface area contributed by atoms with Crippen LogP contribution in [0, 0.1) is 0 Å². The second-order valence-electron chi connectivity index (χ2n) is 4.79. The molecule has 2 heterocycles. The van der Waals surface area contributed by atoms with Crippen LogP contribution < -0.4 is 0 Å². The Hall–Kier alpha value is -0.0800. The molecule has 2 fully saturated rings. The zero-order valence-electron chi connectivity index (χ0n) is 7.68. The second kappa shape index (κ2) is 1.99. The summed E-state index contributed by atoms with van der Waals surface area (Å²) in [5.41, 5.74) is 0.792. The minimum atomic E-state index is 0.335. The van der Waals surface area contributed by atoms with Crippen molar-refractivity contribution in [3.63, 3.8) is 0 Å². The molecule has 2 aliphatic heterocycles. The van der Waals surface area contributed by atoms with Gasteiger partial charge in [0.1, 0.15) is 0 Å². The van der Waals surface area contributed by atoms with E-state index < -0.39 is 0 Å². The lowest BCUT2D eigenvalue weighted by molar-refractivity contribution is -0.219. The van der Waals surface area contributed by atoms with Gasteiger partial charge in [-0.15, -0.1) is 0 Å². The zero-order valence-corrected chi connectivity index (χ0v) is 7.68. The molecule has 0 aromatic rings. The lowest BCUT2D eigenvalue weighted by Gasteiger charge is -2.62. The summed E-state index contributed by atoms with van der Waals surface area (Å²) in [4.78, 5) is 2.57. The van der Waals surface area contributed by atoms with E-state index in [4.69, 9.17) is 4.74 Å². The highest BCUT2D eigenvalue weighted by molar-refractivity contribution is 5.08. The van der Waals surface area contributed by atoms with Crippen LogP contribution >= 0.6 is 0 Å². The van der Waals surface area contributed by atoms with E-state index in [2.05, 4.69) is 25.7 Å². The van der Waals surface area contributed by atoms with Crippen molar-refractivity contribution in [1.82, 2.24) is 4.90 Å². The van der Waals surface area contributed by atoms with Gasteiger partial charge in [-0.3, -0.25) is 4.90 Å². The monoisotopic (exact) mass is 155 g/mol. The highest BCUT2D eigenvalue weighted by atomic mass is 16.5. The molecule has 11 heavy (non-hydrogen) atoms. The summed E-state index contributed by atoms with van der Waals surface area (Å²) in [6, 6.07) is 0. The first kappa shape index (κ1) is 7.56. The molecule has 1 spiro atoms. The largest absolute Gasteiger partial charge is 0.377 e. The molecule has 0 atom stereocenters. The standard InChI is InChI=1S/C9H17NO/c1-8(2,3)10-5-4-9(10)6-11-7-9/h4-7H2,1-3H3. The Labute approximate surface area is 68.5 Å². The molecule has 2 aliphatic rings. The van der Waals surface area contributed by atoms with Gasteiger partial charge in [-0.1, -0.05) is 0 Å². The van der Waals surface area contributed by atoms with Crippen LogP contribution in [0.15, 0.2) is 0 Å². The first-order chi connectivity index (χ1) is 5.05. The van der Waals surface area contributed by atoms with Crippen LogP contribution in [0.1, 0.15) is 27.2 Å². The van der Waals surface area contributed by atoms with E-state index in [-0.39, 0.29) is 0 Å². The molecule has 0 saturated carbocycles. The number of hydrogen-bond donors (Lipinski definition) is 0. The maximum Gasteiger partial charge on any atom is 0.0695 e. The van der Waals surface area contributed by atoms with Crippen LogP contribution in [0.5, 0.6) is 0 Å². The molecule has 0 amide bonds. The Balaban J connectivity index is 2.06. The highest BCUT2D eigenvalue weighted by Gasteiger charge is 2.54. The summed E-state index contributed by atoms with van der Waals surface area (Å²) < 4.78 is 5.26. The maximum atomic E-state index is 5.26. The summed E-state index contributed by atoms with van der Waals surface area (Å²) >= 11 is 0. The summed E-state index contributed by atoms with van der Waals surface area (Å²) in [6.45, 7) is 10.0. The summed E-state index contributed by atoms with van der Waals surface area (Å²) in [5.74, 6) is 0. The fourth-order valence-electron chi connectivity index (χ4n) is 2.22. The Kier molecular flexibility index (Phi) is 1.37. The van der Waals surface area contributed by atoms with Crippen LogP contribution in [0.3, 0.4) is 0 Å². The van der Waals surface area contributed by atoms with Crippen LogP contribution in [-0.4, -0.2) is 35.7 Å². The Bertz CT molecular complexity index is 161. The number of nitrogens with zero attached hydrogens (tertiary/aromatic N) is 1. The van der Waals surface area contributed by atoms with Crippen molar-refractivity contribution in [1.29, 1.82) is 0 Å². The fourth-order valence-corrected chi connectivity index (χ4v) is 2.22. The van der Waals surface area contributed by atoms with Crippen molar-refractivity contribution in [2.24, 2.45) is 0 Å². The van der Waals surface area contributed by atoms with Gasteiger partial charge in [0.15, 0.2) is 0 Å². The van der Waals surface area contributed by atoms with Crippen LogP contribution in [0.4, 0.5) is 0 Å². The third-order valence-electron chi connectivity index (χ3n) is 2.92. The Morgan fingerprint density at radius 2 is 1.91 bits per heavy atom. The smallest absolute Gasteiger partial charge is 0.0695 e. The van der Waals surface area contributed by atoms with Gasteiger partial charge in [-0.2, -0.15) is 0 Å². The fraction of sp³-hybridized carbons (Fsp3) is 1.00. The van der Waals surface area contributed by atoms with Crippen molar-refractivity contribution in [2.45, 2.75) is 38.3 Å². The molecule has 2 heteroatoms. The van der Waals surface area contributed by atoms with Gasteiger partial charge in [0.25, 0.3) is 0 Å². The van der Waals surface area contributed by atoms with Gasteiger partial charge in [-0.25, -0.2) is 0 Å². The Morgan fingerprint density at radius 1 is 1.27 bits per heavy atom. The van der Waals surface area contributed by atoms with E-state index in [0.29, 0.717) is 11.1 Å². The van der Waals surface area contributed by atoms with E-state index in [1.165, 1.54) is 13.0 Å². The molecule has 2 nitrogen and oxygen atoms in total. The zero-order chi connectivity index (χ0) is 8.11. The molecule has 0 aromatic carbocycles. The predicted octanol–water partition coefficient (Wildman–Crippen LogP) is 1.26. The molecular formula is C9H17NO. The molecule has 0 aromatic heterocycles. The van der Waals surface area contributed by atoms with Crippen molar-refractivity contribution >= 4 is 0 Å². The second-order valence-corrected chi connectivity index (χ2v) is 4.79. The van der Waals surface area contributed by atoms with Gasteiger partial charge in [-0.05, 0) is 27.2 Å². The minimum absolute atomic E-state index is 0.335.